The second-order valence-corrected chi connectivity index (χ2v) is 8.91. The molecule has 1 N–H and O–H groups in total. The van der Waals surface area contributed by atoms with Crippen molar-refractivity contribution >= 4 is 27.7 Å². The quantitative estimate of drug-likeness (QED) is 0.499. The predicted molar refractivity (Wildman–Crippen MR) is 115 cm³/mol. The SMILES string of the molecule is CCN(CC)S(=O)(=O)c1ccc(/C=C/C(=O)NCc2nnc3ccc(C(F)(F)F)cn23)cc1. The summed E-state index contributed by atoms with van der Waals surface area (Å²) in [6.07, 6.45) is -0.909. The lowest BCUT2D eigenvalue weighted by molar-refractivity contribution is -0.137. The molecule has 0 bridgehead atoms. The molecule has 0 spiro atoms. The van der Waals surface area contributed by atoms with Crippen LogP contribution < -0.4 is 5.32 Å². The van der Waals surface area contributed by atoms with Crippen molar-refractivity contribution in [1.82, 2.24) is 24.2 Å². The van der Waals surface area contributed by atoms with E-state index in [1.165, 1.54) is 39.1 Å². The zero-order valence-electron chi connectivity index (χ0n) is 17.9. The summed E-state index contributed by atoms with van der Waals surface area (Å²) < 4.78 is 66.3. The number of aromatic nitrogens is 3. The smallest absolute Gasteiger partial charge is 0.345 e. The Morgan fingerprint density at radius 1 is 1.09 bits per heavy atom. The van der Waals surface area contributed by atoms with Crippen molar-refractivity contribution in [3.63, 3.8) is 0 Å². The van der Waals surface area contributed by atoms with Crippen molar-refractivity contribution in [3.05, 3.63) is 65.6 Å². The molecule has 0 aliphatic carbocycles. The lowest BCUT2D eigenvalue weighted by Gasteiger charge is -2.18. The Morgan fingerprint density at radius 2 is 1.76 bits per heavy atom. The predicted octanol–water partition coefficient (Wildman–Crippen LogP) is 3.11. The highest BCUT2D eigenvalue weighted by Crippen LogP contribution is 2.29. The van der Waals surface area contributed by atoms with Gasteiger partial charge < -0.3 is 5.32 Å². The maximum Gasteiger partial charge on any atom is 0.417 e. The number of hydrogen-bond donors (Lipinski definition) is 1. The van der Waals surface area contributed by atoms with Gasteiger partial charge in [0.15, 0.2) is 11.5 Å². The number of carbonyl (C=O) groups is 1. The van der Waals surface area contributed by atoms with Crippen molar-refractivity contribution in [3.8, 4) is 0 Å². The topological polar surface area (TPSA) is 96.7 Å². The van der Waals surface area contributed by atoms with E-state index in [0.717, 1.165) is 12.3 Å². The van der Waals surface area contributed by atoms with Crippen LogP contribution >= 0.6 is 0 Å². The van der Waals surface area contributed by atoms with E-state index in [0.29, 0.717) is 18.7 Å². The summed E-state index contributed by atoms with van der Waals surface area (Å²) in [5.74, 6) is -0.359. The molecule has 0 atom stereocenters. The van der Waals surface area contributed by atoms with Gasteiger partial charge in [0, 0.05) is 25.4 Å². The van der Waals surface area contributed by atoms with Gasteiger partial charge in [0.2, 0.25) is 15.9 Å². The molecule has 0 unspecified atom stereocenters. The first kappa shape index (κ1) is 24.4. The minimum atomic E-state index is -4.51. The van der Waals surface area contributed by atoms with E-state index in [1.54, 1.807) is 26.0 Å². The van der Waals surface area contributed by atoms with Gasteiger partial charge >= 0.3 is 6.18 Å². The zero-order chi connectivity index (χ0) is 24.2. The van der Waals surface area contributed by atoms with E-state index in [2.05, 4.69) is 15.5 Å². The van der Waals surface area contributed by atoms with Crippen LogP contribution in [0.1, 0.15) is 30.8 Å². The Labute approximate surface area is 188 Å². The summed E-state index contributed by atoms with van der Waals surface area (Å²) in [5.41, 5.74) is -0.0253. The summed E-state index contributed by atoms with van der Waals surface area (Å²) in [7, 11) is -3.57. The first-order valence-electron chi connectivity index (χ1n) is 10.0. The number of carbonyl (C=O) groups excluding carboxylic acids is 1. The van der Waals surface area contributed by atoms with Gasteiger partial charge in [-0.25, -0.2) is 8.42 Å². The third-order valence-electron chi connectivity index (χ3n) is 4.87. The molecule has 1 aromatic carbocycles. The number of halogens is 3. The molecule has 0 aliphatic heterocycles. The molecule has 176 valence electrons. The van der Waals surface area contributed by atoms with Gasteiger partial charge in [0.25, 0.3) is 0 Å². The molecule has 3 rings (SSSR count). The zero-order valence-corrected chi connectivity index (χ0v) is 18.7. The highest BCUT2D eigenvalue weighted by molar-refractivity contribution is 7.89. The maximum absolute atomic E-state index is 12.9. The van der Waals surface area contributed by atoms with Gasteiger partial charge in [-0.15, -0.1) is 10.2 Å². The highest BCUT2D eigenvalue weighted by Gasteiger charge is 2.31. The van der Waals surface area contributed by atoms with Crippen LogP contribution in [0.2, 0.25) is 0 Å². The monoisotopic (exact) mass is 481 g/mol. The molecule has 8 nitrogen and oxygen atoms in total. The highest BCUT2D eigenvalue weighted by atomic mass is 32.2. The fourth-order valence-electron chi connectivity index (χ4n) is 3.09. The molecule has 2 heterocycles. The minimum absolute atomic E-state index is 0.132. The number of rotatable bonds is 8. The second kappa shape index (κ2) is 9.71. The summed E-state index contributed by atoms with van der Waals surface area (Å²) in [5, 5.41) is 10.1. The lowest BCUT2D eigenvalue weighted by Crippen LogP contribution is -2.30. The molecule has 33 heavy (non-hydrogen) atoms. The number of pyridine rings is 1. The first-order chi connectivity index (χ1) is 15.6. The van der Waals surface area contributed by atoms with Crippen LogP contribution in [0.5, 0.6) is 0 Å². The van der Waals surface area contributed by atoms with E-state index in [9.17, 15) is 26.4 Å². The van der Waals surface area contributed by atoms with E-state index < -0.39 is 27.7 Å². The van der Waals surface area contributed by atoms with Crippen molar-refractivity contribution in [1.29, 1.82) is 0 Å². The molecular weight excluding hydrogens is 459 g/mol. The van der Waals surface area contributed by atoms with Crippen molar-refractivity contribution in [2.75, 3.05) is 13.1 Å². The molecule has 1 amide bonds. The molecule has 2 aromatic heterocycles. The van der Waals surface area contributed by atoms with Gasteiger partial charge in [-0.05, 0) is 35.9 Å². The fraction of sp³-hybridized carbons (Fsp3) is 0.286. The van der Waals surface area contributed by atoms with Crippen molar-refractivity contribution < 1.29 is 26.4 Å². The Kier molecular flexibility index (Phi) is 7.18. The Morgan fingerprint density at radius 3 is 2.36 bits per heavy atom. The molecule has 0 radical (unpaired) electrons. The molecule has 0 fully saturated rings. The van der Waals surface area contributed by atoms with Crippen LogP contribution in [0, 0.1) is 0 Å². The largest absolute Gasteiger partial charge is 0.417 e. The van der Waals surface area contributed by atoms with Crippen LogP contribution in [0.4, 0.5) is 13.2 Å². The molecule has 3 aromatic rings. The first-order valence-corrected chi connectivity index (χ1v) is 11.5. The number of sulfonamides is 1. The van der Waals surface area contributed by atoms with Crippen LogP contribution in [0.25, 0.3) is 11.7 Å². The number of benzene rings is 1. The number of hydrogen-bond acceptors (Lipinski definition) is 5. The number of alkyl halides is 3. The molecule has 12 heteroatoms. The fourth-order valence-corrected chi connectivity index (χ4v) is 4.54. The standard InChI is InChI=1S/C21H22F3N5O3S/c1-3-28(4-2)33(31,32)17-9-5-15(6-10-17)7-12-20(30)25-13-19-27-26-18-11-8-16(14-29(18)19)21(22,23)24/h5-12,14H,3-4,13H2,1-2H3,(H,25,30)/b12-7+. The van der Waals surface area contributed by atoms with Crippen molar-refractivity contribution in [2.24, 2.45) is 0 Å². The summed E-state index contributed by atoms with van der Waals surface area (Å²) in [6.45, 7) is 4.11. The number of nitrogens with zero attached hydrogens (tertiary/aromatic N) is 4. The van der Waals surface area contributed by atoms with Gasteiger partial charge in [0.1, 0.15) is 0 Å². The minimum Gasteiger partial charge on any atom is -0.345 e. The van der Waals surface area contributed by atoms with E-state index in [1.807, 2.05) is 0 Å². The van der Waals surface area contributed by atoms with E-state index in [4.69, 9.17) is 0 Å². The number of amides is 1. The Bertz CT molecular complexity index is 1260. The molecule has 0 saturated carbocycles. The van der Waals surface area contributed by atoms with Crippen LogP contribution in [0.15, 0.2) is 53.6 Å². The van der Waals surface area contributed by atoms with Gasteiger partial charge in [-0.3, -0.25) is 9.20 Å². The van der Waals surface area contributed by atoms with E-state index >= 15 is 0 Å². The van der Waals surface area contributed by atoms with Crippen LogP contribution in [-0.2, 0) is 27.5 Å². The van der Waals surface area contributed by atoms with Gasteiger partial charge in [-0.2, -0.15) is 17.5 Å². The molecule has 0 aliphatic rings. The third-order valence-corrected chi connectivity index (χ3v) is 6.94. The maximum atomic E-state index is 12.9. The summed E-state index contributed by atoms with van der Waals surface area (Å²) in [6, 6.07) is 8.19. The average Bonchev–Trinajstić information content (AvgIpc) is 3.19. The summed E-state index contributed by atoms with van der Waals surface area (Å²) in [4.78, 5) is 12.3. The van der Waals surface area contributed by atoms with E-state index in [-0.39, 0.29) is 22.9 Å². The third kappa shape index (κ3) is 5.57. The number of nitrogens with one attached hydrogen (secondary N) is 1. The summed E-state index contributed by atoms with van der Waals surface area (Å²) >= 11 is 0. The van der Waals surface area contributed by atoms with Crippen LogP contribution in [-0.4, -0.2) is 46.3 Å². The van der Waals surface area contributed by atoms with Gasteiger partial charge in [-0.1, -0.05) is 26.0 Å². The molecular formula is C21H22F3N5O3S. The van der Waals surface area contributed by atoms with Crippen molar-refractivity contribution in [2.45, 2.75) is 31.5 Å². The number of fused-ring (bicyclic) bond motifs is 1. The second-order valence-electron chi connectivity index (χ2n) is 6.97. The van der Waals surface area contributed by atoms with Gasteiger partial charge in [0.05, 0.1) is 17.0 Å². The Balaban J connectivity index is 1.65. The Hall–Kier alpha value is -3.25. The average molecular weight is 482 g/mol. The lowest BCUT2D eigenvalue weighted by atomic mass is 10.2. The molecule has 0 saturated heterocycles. The normalized spacial score (nSPS) is 12.7. The van der Waals surface area contributed by atoms with Crippen LogP contribution in [0.3, 0.4) is 0 Å².